The number of nitrogens with zero attached hydrogens (tertiary/aromatic N) is 3. The van der Waals surface area contributed by atoms with Crippen molar-refractivity contribution in [3.8, 4) is 11.8 Å². The van der Waals surface area contributed by atoms with Gasteiger partial charge in [-0.1, -0.05) is 18.2 Å². The predicted molar refractivity (Wildman–Crippen MR) is 124 cm³/mol. The van der Waals surface area contributed by atoms with Gasteiger partial charge in [-0.3, -0.25) is 5.10 Å². The smallest absolute Gasteiger partial charge is 0.162 e. The molecule has 4 rings (SSSR count). The van der Waals surface area contributed by atoms with Gasteiger partial charge >= 0.3 is 0 Å². The molecule has 7 heteroatoms. The molecule has 0 spiro atoms. The molecule has 0 bridgehead atoms. The standard InChI is InChI=1S/C25H29N5O2/c1-17(2)32-21-7-5-18(6-8-21)11-20(13-26)23-10-9-22(31-15-25-28-16-29-30-25)12-24(23)27-14-19-3-4-19/h5-7,9-12,16-17,19,21,27H,3-4,8,14-15H2,1-2H3,(H,28,29,30)/b20-11+. The molecule has 166 valence electrons. The molecule has 2 aromatic rings. The average Bonchev–Trinajstić information content (AvgIpc) is 3.48. The molecule has 32 heavy (non-hydrogen) atoms. The molecule has 1 heterocycles. The number of nitriles is 1. The molecule has 0 radical (unpaired) electrons. The van der Waals surface area contributed by atoms with Gasteiger partial charge in [-0.15, -0.1) is 0 Å². The van der Waals surface area contributed by atoms with Crippen LogP contribution < -0.4 is 10.1 Å². The molecular formula is C25H29N5O2. The maximum Gasteiger partial charge on any atom is 0.162 e. The lowest BCUT2D eigenvalue weighted by Gasteiger charge is -2.19. The predicted octanol–water partition coefficient (Wildman–Crippen LogP) is 4.79. The molecule has 2 N–H and O–H groups in total. The summed E-state index contributed by atoms with van der Waals surface area (Å²) in [6, 6.07) is 8.16. The van der Waals surface area contributed by atoms with E-state index < -0.39 is 0 Å². The Bertz CT molecular complexity index is 1040. The first-order valence-electron chi connectivity index (χ1n) is 11.1. The Morgan fingerprint density at radius 2 is 2.25 bits per heavy atom. The summed E-state index contributed by atoms with van der Waals surface area (Å²) < 4.78 is 11.7. The number of hydrogen-bond donors (Lipinski definition) is 2. The SMILES string of the molecule is CC(C)OC1C=CC(/C=C(\C#N)c2ccc(OCc3ncn[nH]3)cc2NCC2CC2)=CC1. The third-order valence-corrected chi connectivity index (χ3v) is 5.37. The van der Waals surface area contributed by atoms with Crippen molar-refractivity contribution in [2.24, 2.45) is 5.92 Å². The summed E-state index contributed by atoms with van der Waals surface area (Å²) in [5, 5.41) is 20.1. The number of H-pyrrole nitrogens is 1. The van der Waals surface area contributed by atoms with Crippen LogP contribution in [0.25, 0.3) is 5.57 Å². The van der Waals surface area contributed by atoms with E-state index in [1.165, 1.54) is 19.2 Å². The van der Waals surface area contributed by atoms with Gasteiger partial charge in [-0.2, -0.15) is 10.4 Å². The summed E-state index contributed by atoms with van der Waals surface area (Å²) in [4.78, 5) is 4.09. The summed E-state index contributed by atoms with van der Waals surface area (Å²) in [5.41, 5.74) is 3.41. The summed E-state index contributed by atoms with van der Waals surface area (Å²) in [7, 11) is 0. The normalized spacial score (nSPS) is 18.4. The summed E-state index contributed by atoms with van der Waals surface area (Å²) in [6.45, 7) is 5.28. The zero-order valence-corrected chi connectivity index (χ0v) is 18.5. The highest BCUT2D eigenvalue weighted by Gasteiger charge is 2.21. The summed E-state index contributed by atoms with van der Waals surface area (Å²) in [6.07, 6.45) is 13.2. The van der Waals surface area contributed by atoms with Crippen molar-refractivity contribution in [3.05, 3.63) is 65.8 Å². The van der Waals surface area contributed by atoms with Crippen LogP contribution in [0.3, 0.4) is 0 Å². The number of aromatic amines is 1. The molecule has 7 nitrogen and oxygen atoms in total. The van der Waals surface area contributed by atoms with Gasteiger partial charge in [0.15, 0.2) is 5.82 Å². The topological polar surface area (TPSA) is 95.8 Å². The van der Waals surface area contributed by atoms with E-state index in [0.29, 0.717) is 29.7 Å². The second kappa shape index (κ2) is 10.3. The zero-order valence-electron chi connectivity index (χ0n) is 18.5. The second-order valence-electron chi connectivity index (χ2n) is 8.44. The van der Waals surface area contributed by atoms with E-state index in [1.807, 2.05) is 44.2 Å². The molecule has 1 aromatic carbocycles. The molecule has 2 aliphatic carbocycles. The highest BCUT2D eigenvalue weighted by Crippen LogP contribution is 2.33. The Labute approximate surface area is 188 Å². The van der Waals surface area contributed by atoms with Crippen molar-refractivity contribution >= 4 is 11.3 Å². The molecule has 1 aromatic heterocycles. The third kappa shape index (κ3) is 6.08. The van der Waals surface area contributed by atoms with Gasteiger partial charge in [-0.05, 0) is 62.8 Å². The van der Waals surface area contributed by atoms with E-state index in [4.69, 9.17) is 9.47 Å². The number of anilines is 1. The lowest BCUT2D eigenvalue weighted by Crippen LogP contribution is -2.16. The lowest BCUT2D eigenvalue weighted by molar-refractivity contribution is 0.0367. The number of nitrogens with one attached hydrogen (secondary N) is 2. The number of hydrogen-bond acceptors (Lipinski definition) is 6. The first-order valence-corrected chi connectivity index (χ1v) is 11.1. The summed E-state index contributed by atoms with van der Waals surface area (Å²) >= 11 is 0. The van der Waals surface area contributed by atoms with Gasteiger partial charge in [-0.25, -0.2) is 4.98 Å². The molecule has 1 fully saturated rings. The largest absolute Gasteiger partial charge is 0.486 e. The minimum absolute atomic E-state index is 0.0919. The Balaban J connectivity index is 1.52. The Morgan fingerprint density at radius 1 is 1.38 bits per heavy atom. The fraction of sp³-hybridized carbons (Fsp3) is 0.400. The molecule has 0 aliphatic heterocycles. The summed E-state index contributed by atoms with van der Waals surface area (Å²) in [5.74, 6) is 2.08. The van der Waals surface area contributed by atoms with E-state index in [-0.39, 0.29) is 12.2 Å². The van der Waals surface area contributed by atoms with Crippen LogP contribution in [0.4, 0.5) is 5.69 Å². The first kappa shape index (κ1) is 21.8. The molecular weight excluding hydrogens is 402 g/mol. The van der Waals surface area contributed by atoms with Crippen molar-refractivity contribution in [2.75, 3.05) is 11.9 Å². The van der Waals surface area contributed by atoms with Crippen LogP contribution in [-0.4, -0.2) is 33.9 Å². The zero-order chi connectivity index (χ0) is 22.3. The Hall–Kier alpha value is -3.37. The van der Waals surface area contributed by atoms with Crippen LogP contribution in [0.5, 0.6) is 5.75 Å². The van der Waals surface area contributed by atoms with Gasteiger partial charge in [0.25, 0.3) is 0 Å². The van der Waals surface area contributed by atoms with Gasteiger partial charge in [0.1, 0.15) is 18.7 Å². The Kier molecular flexibility index (Phi) is 7.03. The van der Waals surface area contributed by atoms with E-state index in [1.54, 1.807) is 0 Å². The minimum atomic E-state index is 0.0919. The maximum absolute atomic E-state index is 9.92. The highest BCUT2D eigenvalue weighted by atomic mass is 16.5. The molecule has 1 atom stereocenters. The maximum atomic E-state index is 9.92. The van der Waals surface area contributed by atoms with Crippen LogP contribution in [0.2, 0.25) is 0 Å². The number of ether oxygens (including phenoxy) is 2. The van der Waals surface area contributed by atoms with E-state index in [9.17, 15) is 5.26 Å². The van der Waals surface area contributed by atoms with Gasteiger partial charge < -0.3 is 14.8 Å². The van der Waals surface area contributed by atoms with E-state index in [2.05, 4.69) is 38.7 Å². The van der Waals surface area contributed by atoms with Gasteiger partial charge in [0, 0.05) is 23.9 Å². The van der Waals surface area contributed by atoms with Gasteiger partial charge in [0.2, 0.25) is 0 Å². The van der Waals surface area contributed by atoms with Crippen LogP contribution >= 0.6 is 0 Å². The highest BCUT2D eigenvalue weighted by molar-refractivity contribution is 5.86. The number of aromatic nitrogens is 3. The number of benzene rings is 1. The van der Waals surface area contributed by atoms with Crippen LogP contribution in [-0.2, 0) is 11.3 Å². The minimum Gasteiger partial charge on any atom is -0.486 e. The van der Waals surface area contributed by atoms with E-state index in [0.717, 1.165) is 29.8 Å². The molecule has 2 aliphatic rings. The first-order chi connectivity index (χ1) is 15.6. The monoisotopic (exact) mass is 431 g/mol. The van der Waals surface area contributed by atoms with Crippen LogP contribution in [0.15, 0.2) is 54.4 Å². The third-order valence-electron chi connectivity index (χ3n) is 5.37. The lowest BCUT2D eigenvalue weighted by atomic mass is 9.98. The quantitative estimate of drug-likeness (QED) is 0.525. The van der Waals surface area contributed by atoms with Crippen molar-refractivity contribution in [2.45, 2.75) is 51.9 Å². The van der Waals surface area contributed by atoms with Crippen LogP contribution in [0.1, 0.15) is 44.5 Å². The number of rotatable bonds is 10. The fourth-order valence-corrected chi connectivity index (χ4v) is 3.53. The molecule has 1 unspecified atom stereocenters. The molecule has 1 saturated carbocycles. The number of allylic oxidation sites excluding steroid dienone is 4. The average molecular weight is 432 g/mol. The van der Waals surface area contributed by atoms with Crippen LogP contribution in [0, 0.1) is 17.2 Å². The fourth-order valence-electron chi connectivity index (χ4n) is 3.53. The second-order valence-corrected chi connectivity index (χ2v) is 8.44. The van der Waals surface area contributed by atoms with E-state index >= 15 is 0 Å². The van der Waals surface area contributed by atoms with Crippen molar-refractivity contribution in [3.63, 3.8) is 0 Å². The van der Waals surface area contributed by atoms with Crippen molar-refractivity contribution in [1.29, 1.82) is 5.26 Å². The molecule has 0 saturated heterocycles. The Morgan fingerprint density at radius 3 is 2.91 bits per heavy atom. The van der Waals surface area contributed by atoms with Gasteiger partial charge in [0.05, 0.1) is 23.9 Å². The van der Waals surface area contributed by atoms with Crippen molar-refractivity contribution in [1.82, 2.24) is 15.2 Å². The van der Waals surface area contributed by atoms with Crippen molar-refractivity contribution < 1.29 is 9.47 Å². The molecule has 0 amide bonds.